The standard InChI is InChI=1S/2C10H16O4.2C9H14O4.C9H14/c2*1-3-6-4-7(10(13)14-2)5-8(6)9(11)12;2*1-2-5-3-6(8(10)11)4-7(5)9(12)13;1-2-8-5-7-3-4-9(8)6-7/h2*6-8H,3-5H2,1-2H3,(H,11,12);2*5-7H,2-4H2,1H3,(H,10,11)(H,12,13);3-4,7-9H,2,5-6H2,1H3/t2*6-,7+,8+;2*5-,6+,7+;/m1010./s1. The molecule has 6 aliphatic carbocycles. The van der Waals surface area contributed by atoms with Crippen LogP contribution in [0.5, 0.6) is 0 Å². The monoisotopic (exact) mass is 894 g/mol. The summed E-state index contributed by atoms with van der Waals surface area (Å²) in [7, 11) is 2.69. The van der Waals surface area contributed by atoms with Crippen molar-refractivity contribution in [3.8, 4) is 0 Å². The molecule has 0 spiro atoms. The Labute approximate surface area is 371 Å². The Balaban J connectivity index is 0.000000272. The van der Waals surface area contributed by atoms with Crippen LogP contribution in [0.1, 0.15) is 131 Å². The SMILES string of the molecule is CCC1CC2C=CC1C2.CC[C@@H]1C[C@H](C(=O)O)C[C@@H]1C(=O)O.CC[C@@H]1C[C@H](C(=O)OC)C[C@@H]1C(=O)O.CC[C@H]1C[C@@H](C(=O)O)C[C@H]1C(=O)O.CC[C@H]1C[C@@H](C(=O)OC)C[C@H]1C(=O)O. The molecule has 63 heavy (non-hydrogen) atoms. The van der Waals surface area contributed by atoms with Crippen LogP contribution < -0.4 is 0 Å². The highest BCUT2D eigenvalue weighted by Gasteiger charge is 2.44. The Bertz CT molecular complexity index is 1490. The van der Waals surface area contributed by atoms with Crippen LogP contribution in [-0.2, 0) is 47.8 Å². The number of carboxylic acids is 6. The van der Waals surface area contributed by atoms with E-state index in [0.717, 1.165) is 43.4 Å². The van der Waals surface area contributed by atoms with Crippen molar-refractivity contribution >= 4 is 47.8 Å². The highest BCUT2D eigenvalue weighted by Crippen LogP contribution is 2.45. The molecule has 6 aliphatic rings. The molecule has 16 nitrogen and oxygen atoms in total. The minimum absolute atomic E-state index is 0.0404. The number of carbonyl (C=O) groups excluding carboxylic acids is 2. The number of hydrogen-bond acceptors (Lipinski definition) is 10. The van der Waals surface area contributed by atoms with Crippen molar-refractivity contribution < 1.29 is 78.5 Å². The Morgan fingerprint density at radius 2 is 0.667 bits per heavy atom. The minimum atomic E-state index is -0.859. The molecule has 3 unspecified atom stereocenters. The van der Waals surface area contributed by atoms with Crippen molar-refractivity contribution in [3.05, 3.63) is 12.2 Å². The molecule has 0 heterocycles. The molecule has 2 bridgehead atoms. The second kappa shape index (κ2) is 26.3. The van der Waals surface area contributed by atoms with E-state index in [1.54, 1.807) is 0 Å². The third-order valence-corrected chi connectivity index (χ3v) is 14.9. The van der Waals surface area contributed by atoms with Crippen LogP contribution in [0.2, 0.25) is 0 Å². The van der Waals surface area contributed by atoms with E-state index in [1.807, 2.05) is 27.7 Å². The normalized spacial score (nSPS) is 34.3. The van der Waals surface area contributed by atoms with Gasteiger partial charge in [-0.15, -0.1) is 0 Å². The van der Waals surface area contributed by atoms with Crippen LogP contribution >= 0.6 is 0 Å². The fourth-order valence-corrected chi connectivity index (χ4v) is 11.0. The second-order valence-electron chi connectivity index (χ2n) is 18.3. The summed E-state index contributed by atoms with van der Waals surface area (Å²) in [5.41, 5.74) is 0. The Kier molecular flexibility index (Phi) is 22.8. The summed E-state index contributed by atoms with van der Waals surface area (Å²) in [4.78, 5) is 87.0. The number of hydrogen-bond donors (Lipinski definition) is 6. The van der Waals surface area contributed by atoms with Crippen LogP contribution in [0, 0.1) is 88.8 Å². The smallest absolute Gasteiger partial charge is 0.308 e. The molecule has 0 aromatic heterocycles. The number of carbonyl (C=O) groups is 8. The largest absolute Gasteiger partial charge is 0.481 e. The number of carboxylic acid groups (broad SMARTS) is 6. The van der Waals surface area contributed by atoms with Gasteiger partial charge in [0, 0.05) is 0 Å². The fraction of sp³-hybridized carbons (Fsp3) is 0.787. The zero-order valence-corrected chi connectivity index (χ0v) is 38.2. The van der Waals surface area contributed by atoms with Gasteiger partial charge >= 0.3 is 47.8 Å². The molecule has 16 heteroatoms. The molecule has 5 saturated carbocycles. The second-order valence-corrected chi connectivity index (χ2v) is 18.3. The molecule has 0 aliphatic heterocycles. The average molecular weight is 895 g/mol. The Morgan fingerprint density at radius 1 is 0.381 bits per heavy atom. The highest BCUT2D eigenvalue weighted by atomic mass is 16.5. The first-order valence-corrected chi connectivity index (χ1v) is 22.9. The maximum absolute atomic E-state index is 11.2. The number of esters is 2. The maximum Gasteiger partial charge on any atom is 0.308 e. The Hall–Kier alpha value is -4.50. The van der Waals surface area contributed by atoms with Crippen molar-refractivity contribution in [2.24, 2.45) is 88.8 Å². The van der Waals surface area contributed by atoms with E-state index in [9.17, 15) is 38.4 Å². The summed E-state index contributed by atoms with van der Waals surface area (Å²) in [6.07, 6.45) is 16.1. The molecule has 6 N–H and O–H groups in total. The molecular weight excluding hydrogens is 821 g/mol. The molecular formula is C47H74O16. The lowest BCUT2D eigenvalue weighted by molar-refractivity contribution is -0.147. The zero-order valence-electron chi connectivity index (χ0n) is 38.2. The van der Waals surface area contributed by atoms with Gasteiger partial charge < -0.3 is 40.1 Å². The topological polar surface area (TPSA) is 276 Å². The van der Waals surface area contributed by atoms with Crippen molar-refractivity contribution in [2.45, 2.75) is 131 Å². The number of fused-ring (bicyclic) bond motifs is 2. The summed E-state index contributed by atoms with van der Waals surface area (Å²) >= 11 is 0. The lowest BCUT2D eigenvalue weighted by Crippen LogP contribution is -2.18. The van der Waals surface area contributed by atoms with Crippen LogP contribution in [0.3, 0.4) is 0 Å². The van der Waals surface area contributed by atoms with Gasteiger partial charge in [-0.2, -0.15) is 0 Å². The van der Waals surface area contributed by atoms with Gasteiger partial charge in [0.1, 0.15) is 0 Å². The third kappa shape index (κ3) is 15.6. The van der Waals surface area contributed by atoms with Gasteiger partial charge in [0.15, 0.2) is 0 Å². The van der Waals surface area contributed by atoms with Crippen molar-refractivity contribution in [1.29, 1.82) is 0 Å². The number of methoxy groups -OCH3 is 2. The lowest BCUT2D eigenvalue weighted by Gasteiger charge is -2.14. The Morgan fingerprint density at radius 3 is 0.841 bits per heavy atom. The van der Waals surface area contributed by atoms with Gasteiger partial charge in [0.05, 0.1) is 61.6 Å². The third-order valence-electron chi connectivity index (χ3n) is 14.9. The highest BCUT2D eigenvalue weighted by molar-refractivity contribution is 5.78. The summed E-state index contributed by atoms with van der Waals surface area (Å²) in [6.45, 7) is 10.1. The number of allylic oxidation sites excluding steroid dienone is 2. The quantitative estimate of drug-likeness (QED) is 0.0766. The van der Waals surface area contributed by atoms with Crippen LogP contribution in [0.15, 0.2) is 12.2 Å². The van der Waals surface area contributed by atoms with E-state index < -0.39 is 59.5 Å². The summed E-state index contributed by atoms with van der Waals surface area (Å²) < 4.78 is 9.25. The molecule has 358 valence electrons. The van der Waals surface area contributed by atoms with Gasteiger partial charge in [-0.05, 0) is 106 Å². The maximum atomic E-state index is 11.2. The molecule has 6 rings (SSSR count). The molecule has 0 amide bonds. The number of ether oxygens (including phenoxy) is 2. The summed E-state index contributed by atoms with van der Waals surface area (Å²) in [5, 5.41) is 53.0. The molecule has 15 atom stereocenters. The molecule has 0 aromatic rings. The zero-order chi connectivity index (χ0) is 47.7. The van der Waals surface area contributed by atoms with Gasteiger partial charge in [-0.25, -0.2) is 0 Å². The first kappa shape index (κ1) is 54.6. The van der Waals surface area contributed by atoms with Crippen molar-refractivity contribution in [3.63, 3.8) is 0 Å². The van der Waals surface area contributed by atoms with E-state index in [0.29, 0.717) is 51.4 Å². The van der Waals surface area contributed by atoms with Gasteiger partial charge in [0.2, 0.25) is 0 Å². The molecule has 0 radical (unpaired) electrons. The van der Waals surface area contributed by atoms with Crippen molar-refractivity contribution in [1.82, 2.24) is 0 Å². The lowest BCUT2D eigenvalue weighted by atomic mass is 9.91. The average Bonchev–Trinajstić information content (AvgIpc) is 4.12. The van der Waals surface area contributed by atoms with Crippen molar-refractivity contribution in [2.75, 3.05) is 14.2 Å². The van der Waals surface area contributed by atoms with E-state index in [-0.39, 0.29) is 59.3 Å². The summed E-state index contributed by atoms with van der Waals surface area (Å²) in [6, 6.07) is 0. The predicted octanol–water partition coefficient (Wildman–Crippen LogP) is 7.62. The van der Waals surface area contributed by atoms with E-state index in [2.05, 4.69) is 28.5 Å². The van der Waals surface area contributed by atoms with E-state index in [1.165, 1.54) is 33.5 Å². The fourth-order valence-electron chi connectivity index (χ4n) is 11.0. The first-order valence-electron chi connectivity index (χ1n) is 22.9. The summed E-state index contributed by atoms with van der Waals surface area (Å²) in [5.74, 6) is -5.22. The minimum Gasteiger partial charge on any atom is -0.481 e. The van der Waals surface area contributed by atoms with E-state index in [4.69, 9.17) is 30.6 Å². The van der Waals surface area contributed by atoms with Crippen LogP contribution in [0.4, 0.5) is 0 Å². The number of aliphatic carboxylic acids is 6. The van der Waals surface area contributed by atoms with Gasteiger partial charge in [0.25, 0.3) is 0 Å². The number of rotatable bonds is 13. The van der Waals surface area contributed by atoms with Gasteiger partial charge in [-0.3, -0.25) is 38.4 Å². The van der Waals surface area contributed by atoms with Gasteiger partial charge in [-0.1, -0.05) is 78.9 Å². The predicted molar refractivity (Wildman–Crippen MR) is 229 cm³/mol. The molecule has 0 aromatic carbocycles. The van der Waals surface area contributed by atoms with Crippen LogP contribution in [-0.4, -0.2) is 92.6 Å². The molecule has 5 fully saturated rings. The van der Waals surface area contributed by atoms with Crippen LogP contribution in [0.25, 0.3) is 0 Å². The first-order chi connectivity index (χ1) is 29.7. The molecule has 0 saturated heterocycles. The van der Waals surface area contributed by atoms with E-state index >= 15 is 0 Å².